The number of para-hydroxylation sites is 1. The van der Waals surface area contributed by atoms with E-state index in [-0.39, 0.29) is 24.5 Å². The van der Waals surface area contributed by atoms with Gasteiger partial charge in [0.15, 0.2) is 5.11 Å². The first-order valence-electron chi connectivity index (χ1n) is 12.4. The fourth-order valence-corrected chi connectivity index (χ4v) is 5.53. The Morgan fingerprint density at radius 1 is 1.00 bits per heavy atom. The van der Waals surface area contributed by atoms with Crippen LogP contribution in [0.1, 0.15) is 45.9 Å². The third-order valence-electron chi connectivity index (χ3n) is 7.18. The minimum atomic E-state index is -0.200. The second-order valence-corrected chi connectivity index (χ2v) is 9.94. The summed E-state index contributed by atoms with van der Waals surface area (Å²) in [5, 5.41) is 7.00. The number of hydrogen-bond acceptors (Lipinski definition) is 3. The van der Waals surface area contributed by atoms with Crippen molar-refractivity contribution in [1.29, 1.82) is 0 Å². The van der Waals surface area contributed by atoms with E-state index < -0.39 is 0 Å². The molecule has 0 unspecified atom stereocenters. The van der Waals surface area contributed by atoms with E-state index in [2.05, 4.69) is 72.1 Å². The molecule has 3 heterocycles. The van der Waals surface area contributed by atoms with Gasteiger partial charge in [0.25, 0.3) is 0 Å². The molecule has 2 atom stereocenters. The third-order valence-corrected chi connectivity index (χ3v) is 7.53. The number of hydrogen-bond donors (Lipinski definition) is 2. The summed E-state index contributed by atoms with van der Waals surface area (Å²) in [5.41, 5.74) is 8.68. The van der Waals surface area contributed by atoms with Gasteiger partial charge in [-0.1, -0.05) is 36.4 Å². The Kier molecular flexibility index (Phi) is 6.80. The first kappa shape index (κ1) is 24.7. The molecule has 1 fully saturated rings. The van der Waals surface area contributed by atoms with Crippen LogP contribution >= 0.6 is 12.2 Å². The van der Waals surface area contributed by atoms with E-state index in [1.807, 2.05) is 53.4 Å². The Morgan fingerprint density at radius 3 is 2.49 bits per heavy atom. The molecule has 0 saturated carbocycles. The van der Waals surface area contributed by atoms with E-state index in [9.17, 15) is 4.79 Å². The monoisotopic (exact) mass is 509 g/mol. The Bertz CT molecular complexity index is 1450. The highest BCUT2D eigenvalue weighted by atomic mass is 32.1. The number of pyridine rings is 1. The molecule has 0 spiro atoms. The molecule has 2 aromatic carbocycles. The average molecular weight is 510 g/mol. The molecule has 1 saturated heterocycles. The predicted molar refractivity (Wildman–Crippen MR) is 152 cm³/mol. The highest BCUT2D eigenvalue weighted by Crippen LogP contribution is 2.41. The summed E-state index contributed by atoms with van der Waals surface area (Å²) in [7, 11) is 0. The number of nitrogens with one attached hydrogen (secondary N) is 2. The lowest BCUT2D eigenvalue weighted by Gasteiger charge is -2.27. The molecule has 1 aliphatic rings. The van der Waals surface area contributed by atoms with Crippen molar-refractivity contribution in [3.63, 3.8) is 0 Å². The van der Waals surface area contributed by atoms with Crippen molar-refractivity contribution < 1.29 is 4.79 Å². The Morgan fingerprint density at radius 2 is 1.76 bits per heavy atom. The summed E-state index contributed by atoms with van der Waals surface area (Å²) in [4.78, 5) is 19.8. The number of nitrogens with zero attached hydrogens (tertiary/aromatic N) is 3. The fraction of sp³-hybridized carbons (Fsp3) is 0.233. The van der Waals surface area contributed by atoms with Gasteiger partial charge in [0.05, 0.1) is 17.8 Å². The highest BCUT2D eigenvalue weighted by molar-refractivity contribution is 7.80. The van der Waals surface area contributed by atoms with Gasteiger partial charge >= 0.3 is 0 Å². The second kappa shape index (κ2) is 10.2. The van der Waals surface area contributed by atoms with Gasteiger partial charge in [0.2, 0.25) is 5.91 Å². The van der Waals surface area contributed by atoms with Crippen LogP contribution in [0.5, 0.6) is 0 Å². The van der Waals surface area contributed by atoms with Gasteiger partial charge in [-0.25, -0.2) is 0 Å². The Labute approximate surface area is 223 Å². The smallest absolute Gasteiger partial charge is 0.244 e. The van der Waals surface area contributed by atoms with Gasteiger partial charge in [0.1, 0.15) is 6.54 Å². The number of carbonyl (C=O) groups is 1. The van der Waals surface area contributed by atoms with E-state index in [0.717, 1.165) is 34.0 Å². The Balaban J connectivity index is 1.56. The maximum absolute atomic E-state index is 13.1. The first-order valence-corrected chi connectivity index (χ1v) is 12.8. The van der Waals surface area contributed by atoms with Crippen LogP contribution in [0.2, 0.25) is 0 Å². The quantitative estimate of drug-likeness (QED) is 0.326. The van der Waals surface area contributed by atoms with E-state index >= 15 is 0 Å². The molecule has 188 valence electrons. The summed E-state index contributed by atoms with van der Waals surface area (Å²) in [6, 6.07) is 23.6. The SMILES string of the molecule is Cc1cccc(-n2c(C)cc([C@@H]3[C@@H](c4ccccn4)NC(=S)N3CC(=O)Nc3ccccc3)c2C)c1C. The van der Waals surface area contributed by atoms with E-state index in [0.29, 0.717) is 5.11 Å². The third kappa shape index (κ3) is 4.74. The number of carbonyl (C=O) groups excluding carboxylic acids is 1. The molecule has 0 bridgehead atoms. The van der Waals surface area contributed by atoms with Crippen molar-refractivity contribution in [1.82, 2.24) is 19.8 Å². The molecule has 2 N–H and O–H groups in total. The number of aryl methyl sites for hydroxylation is 2. The van der Waals surface area contributed by atoms with Crippen molar-refractivity contribution in [3.8, 4) is 5.69 Å². The zero-order valence-corrected chi connectivity index (χ0v) is 22.3. The largest absolute Gasteiger partial charge is 0.352 e. The molecule has 7 heteroatoms. The molecule has 2 aromatic heterocycles. The lowest BCUT2D eigenvalue weighted by Crippen LogP contribution is -2.37. The predicted octanol–water partition coefficient (Wildman–Crippen LogP) is 5.72. The molecule has 4 aromatic rings. The van der Waals surface area contributed by atoms with Gasteiger partial charge < -0.3 is 20.1 Å². The molecule has 5 rings (SSSR count). The van der Waals surface area contributed by atoms with Gasteiger partial charge in [-0.15, -0.1) is 0 Å². The van der Waals surface area contributed by atoms with Gasteiger partial charge in [0, 0.05) is 29.0 Å². The summed E-state index contributed by atoms with van der Waals surface area (Å²) in [6.45, 7) is 8.69. The summed E-state index contributed by atoms with van der Waals surface area (Å²) in [5.74, 6) is -0.120. The van der Waals surface area contributed by atoms with E-state index in [4.69, 9.17) is 12.2 Å². The number of amides is 1. The molecule has 6 nitrogen and oxygen atoms in total. The molecule has 0 aliphatic carbocycles. The summed E-state index contributed by atoms with van der Waals surface area (Å²) >= 11 is 5.79. The number of thiocarbonyl (C=S) groups is 1. The highest BCUT2D eigenvalue weighted by Gasteiger charge is 2.42. The standard InChI is InChI=1S/C30H31N5OS/c1-19-11-10-15-26(21(19)3)35-20(2)17-24(22(35)4)29-28(25-14-8-9-16-31-25)33-30(37)34(29)18-27(36)32-23-12-6-5-7-13-23/h5-17,28-29H,18H2,1-4H3,(H,32,36)(H,33,37)/t28-,29-/m1/s1. The number of aromatic nitrogens is 2. The molecule has 1 amide bonds. The first-order chi connectivity index (χ1) is 17.8. The van der Waals surface area contributed by atoms with Gasteiger partial charge in [-0.2, -0.15) is 0 Å². The van der Waals surface area contributed by atoms with Crippen LogP contribution in [0.4, 0.5) is 5.69 Å². The molecular formula is C30H31N5OS. The lowest BCUT2D eigenvalue weighted by molar-refractivity contribution is -0.116. The van der Waals surface area contributed by atoms with Crippen LogP contribution in [-0.2, 0) is 4.79 Å². The van der Waals surface area contributed by atoms with E-state index in [1.165, 1.54) is 11.1 Å². The van der Waals surface area contributed by atoms with Crippen LogP contribution in [0.3, 0.4) is 0 Å². The molecule has 37 heavy (non-hydrogen) atoms. The topological polar surface area (TPSA) is 62.2 Å². The van der Waals surface area contributed by atoms with Crippen LogP contribution in [0, 0.1) is 27.7 Å². The molecule has 0 radical (unpaired) electrons. The summed E-state index contributed by atoms with van der Waals surface area (Å²) in [6.07, 6.45) is 1.79. The second-order valence-electron chi connectivity index (χ2n) is 9.55. The maximum Gasteiger partial charge on any atom is 0.244 e. The number of rotatable bonds is 6. The number of anilines is 1. The van der Waals surface area contributed by atoms with Crippen LogP contribution in [-0.4, -0.2) is 32.0 Å². The van der Waals surface area contributed by atoms with Crippen molar-refractivity contribution in [3.05, 3.63) is 113 Å². The average Bonchev–Trinajstić information content (AvgIpc) is 3.36. The van der Waals surface area contributed by atoms with Crippen LogP contribution < -0.4 is 10.6 Å². The Hall–Kier alpha value is -3.97. The normalized spacial score (nSPS) is 17.1. The molecule has 1 aliphatic heterocycles. The lowest BCUT2D eigenvalue weighted by atomic mass is 9.96. The minimum absolute atomic E-state index is 0.120. The van der Waals surface area contributed by atoms with Crippen molar-refractivity contribution >= 4 is 28.9 Å². The van der Waals surface area contributed by atoms with Gasteiger partial charge in [-0.3, -0.25) is 9.78 Å². The van der Waals surface area contributed by atoms with Crippen molar-refractivity contribution in [2.45, 2.75) is 39.8 Å². The number of benzene rings is 2. The van der Waals surface area contributed by atoms with Crippen molar-refractivity contribution in [2.75, 3.05) is 11.9 Å². The van der Waals surface area contributed by atoms with Crippen LogP contribution in [0.15, 0.2) is 79.0 Å². The zero-order chi connectivity index (χ0) is 26.1. The zero-order valence-electron chi connectivity index (χ0n) is 21.5. The summed E-state index contributed by atoms with van der Waals surface area (Å²) < 4.78 is 2.30. The molecular weight excluding hydrogens is 478 g/mol. The minimum Gasteiger partial charge on any atom is -0.352 e. The van der Waals surface area contributed by atoms with Crippen LogP contribution in [0.25, 0.3) is 5.69 Å². The van der Waals surface area contributed by atoms with E-state index in [1.54, 1.807) is 6.20 Å². The van der Waals surface area contributed by atoms with Gasteiger partial charge in [-0.05, 0) is 93.0 Å². The fourth-order valence-electron chi connectivity index (χ4n) is 5.23. The maximum atomic E-state index is 13.1. The van der Waals surface area contributed by atoms with Crippen molar-refractivity contribution in [2.24, 2.45) is 0 Å².